The van der Waals surface area contributed by atoms with Crippen LogP contribution in [0.5, 0.6) is 5.75 Å². The van der Waals surface area contributed by atoms with E-state index in [1.165, 1.54) is 26.0 Å². The highest BCUT2D eigenvalue weighted by atomic mass is 19.2. The van der Waals surface area contributed by atoms with E-state index in [0.29, 0.717) is 38.0 Å². The summed E-state index contributed by atoms with van der Waals surface area (Å²) in [6.07, 6.45) is 1.49. The van der Waals surface area contributed by atoms with Crippen LogP contribution in [0.4, 0.5) is 17.6 Å². The van der Waals surface area contributed by atoms with Crippen molar-refractivity contribution in [3.05, 3.63) is 64.9 Å². The molecule has 1 aromatic heterocycles. The summed E-state index contributed by atoms with van der Waals surface area (Å²) < 4.78 is 66.3. The molecule has 0 amide bonds. The van der Waals surface area contributed by atoms with E-state index in [-0.39, 0.29) is 36.0 Å². The number of fused-ring (bicyclic) bond motifs is 3. The number of para-hydroxylation sites is 1. The summed E-state index contributed by atoms with van der Waals surface area (Å²) in [7, 11) is 0. The summed E-state index contributed by atoms with van der Waals surface area (Å²) >= 11 is 0. The number of halogens is 4. The molecule has 1 N–H and O–H groups in total. The van der Waals surface area contributed by atoms with E-state index in [1.807, 2.05) is 36.1 Å². The van der Waals surface area contributed by atoms with Crippen LogP contribution in [0.15, 0.2) is 36.4 Å². The predicted octanol–water partition coefficient (Wildman–Crippen LogP) is 6.48. The topological polar surface area (TPSA) is 31.5 Å². The van der Waals surface area contributed by atoms with Gasteiger partial charge in [0.1, 0.15) is 34.8 Å². The zero-order valence-electron chi connectivity index (χ0n) is 22.3. The molecule has 2 aromatic carbocycles. The second-order valence-corrected chi connectivity index (χ2v) is 12.4. The van der Waals surface area contributed by atoms with E-state index in [9.17, 15) is 8.78 Å². The van der Waals surface area contributed by atoms with Gasteiger partial charge in [0, 0.05) is 66.0 Å². The molecule has 3 aromatic rings. The maximum atomic E-state index is 15.8. The van der Waals surface area contributed by atoms with Crippen molar-refractivity contribution in [1.29, 1.82) is 0 Å². The monoisotopic (exact) mass is 529 g/mol. The average molecular weight is 530 g/mol. The fraction of sp³-hybridized carbons (Fsp3) is 0.533. The Morgan fingerprint density at radius 2 is 1.76 bits per heavy atom. The molecule has 6 rings (SSSR count). The van der Waals surface area contributed by atoms with Gasteiger partial charge in [-0.2, -0.15) is 0 Å². The molecule has 4 nitrogen and oxygen atoms in total. The van der Waals surface area contributed by atoms with Crippen LogP contribution >= 0.6 is 0 Å². The fourth-order valence-electron chi connectivity index (χ4n) is 6.60. The summed E-state index contributed by atoms with van der Waals surface area (Å²) in [5.41, 5.74) is -0.137. The lowest BCUT2D eigenvalue weighted by atomic mass is 9.76. The third-order valence-corrected chi connectivity index (χ3v) is 8.42. The second kappa shape index (κ2) is 8.98. The first-order chi connectivity index (χ1) is 17.9. The molecule has 204 valence electrons. The van der Waals surface area contributed by atoms with Gasteiger partial charge < -0.3 is 9.72 Å². The van der Waals surface area contributed by atoms with E-state index < -0.39 is 29.0 Å². The van der Waals surface area contributed by atoms with Crippen LogP contribution in [0.1, 0.15) is 63.4 Å². The Morgan fingerprint density at radius 3 is 2.39 bits per heavy atom. The molecule has 1 aliphatic carbocycles. The van der Waals surface area contributed by atoms with E-state index in [4.69, 9.17) is 4.74 Å². The number of hydrogen-bond donors (Lipinski definition) is 1. The number of rotatable bonds is 6. The maximum absolute atomic E-state index is 15.8. The molecular weight excluding hydrogens is 494 g/mol. The molecule has 1 saturated heterocycles. The normalized spacial score (nSPS) is 28.7. The minimum Gasteiger partial charge on any atom is -0.488 e. The van der Waals surface area contributed by atoms with E-state index >= 15 is 8.78 Å². The number of hydrogen-bond acceptors (Lipinski definition) is 3. The molecule has 0 bridgehead atoms. The fourth-order valence-corrected chi connectivity index (χ4v) is 6.60. The molecule has 3 heterocycles. The molecule has 8 heteroatoms. The van der Waals surface area contributed by atoms with Gasteiger partial charge in [0.15, 0.2) is 0 Å². The van der Waals surface area contributed by atoms with Crippen molar-refractivity contribution in [3.8, 4) is 5.75 Å². The number of likely N-dealkylation sites (tertiary alicyclic amines) is 1. The number of alkyl halides is 2. The van der Waals surface area contributed by atoms with Gasteiger partial charge in [-0.05, 0) is 58.6 Å². The summed E-state index contributed by atoms with van der Waals surface area (Å²) in [4.78, 5) is 7.41. The average Bonchev–Trinajstić information content (AvgIpc) is 3.13. The van der Waals surface area contributed by atoms with Crippen LogP contribution < -0.4 is 4.74 Å². The van der Waals surface area contributed by atoms with Crippen molar-refractivity contribution in [1.82, 2.24) is 14.8 Å². The van der Waals surface area contributed by atoms with Gasteiger partial charge >= 0.3 is 0 Å². The Morgan fingerprint density at radius 1 is 1.11 bits per heavy atom. The zero-order chi connectivity index (χ0) is 27.0. The minimum atomic E-state index is -1.55. The van der Waals surface area contributed by atoms with Gasteiger partial charge in [0.2, 0.25) is 0 Å². The molecule has 2 aliphatic heterocycles. The van der Waals surface area contributed by atoms with Crippen molar-refractivity contribution < 1.29 is 22.3 Å². The minimum absolute atomic E-state index is 0.0295. The number of nitrogens with one attached hydrogen (secondary N) is 1. The molecule has 38 heavy (non-hydrogen) atoms. The van der Waals surface area contributed by atoms with Gasteiger partial charge in [0.25, 0.3) is 0 Å². The lowest BCUT2D eigenvalue weighted by Crippen LogP contribution is -2.63. The first-order valence-corrected chi connectivity index (χ1v) is 13.5. The number of aromatic amines is 1. The van der Waals surface area contributed by atoms with Crippen LogP contribution in [0, 0.1) is 11.6 Å². The summed E-state index contributed by atoms with van der Waals surface area (Å²) in [5.74, 6) is -1.29. The highest BCUT2D eigenvalue weighted by Gasteiger charge is 2.47. The van der Waals surface area contributed by atoms with E-state index in [0.717, 1.165) is 16.5 Å². The number of nitrogens with zero attached hydrogens (tertiary/aromatic N) is 2. The molecular formula is C30H35F4N3O. The van der Waals surface area contributed by atoms with Crippen molar-refractivity contribution in [2.75, 3.05) is 19.6 Å². The van der Waals surface area contributed by atoms with Crippen LogP contribution in [0.25, 0.3) is 10.9 Å². The number of benzene rings is 2. The SMILES string of the molecule is C[C@@H]1Cc2c([nH]c3ccccc23)[C@@H](c2c(F)cc(OC3CN(C4CC(C)(F)C4)C3)cc2F)N1CC(C)(C)F. The maximum Gasteiger partial charge on any atom is 0.135 e. The van der Waals surface area contributed by atoms with Crippen LogP contribution in [0.3, 0.4) is 0 Å². The summed E-state index contributed by atoms with van der Waals surface area (Å²) in [6, 6.07) is 9.57. The van der Waals surface area contributed by atoms with Crippen molar-refractivity contribution in [2.24, 2.45) is 0 Å². The third kappa shape index (κ3) is 4.60. The van der Waals surface area contributed by atoms with Crippen LogP contribution in [-0.4, -0.2) is 63.9 Å². The van der Waals surface area contributed by atoms with Crippen molar-refractivity contribution >= 4 is 10.9 Å². The summed E-state index contributed by atoms with van der Waals surface area (Å²) in [6.45, 7) is 7.83. The first kappa shape index (κ1) is 25.7. The molecule has 1 saturated carbocycles. The largest absolute Gasteiger partial charge is 0.488 e. The molecule has 2 fully saturated rings. The Balaban J connectivity index is 1.30. The standard InChI is InChI=1S/C30H35F4N3O/c1-17-9-22-21-7-5-6-8-25(21)35-27(22)28(37(17)16-29(2,3)33)26-23(31)10-19(11-24(26)32)38-20-14-36(15-20)18-12-30(4,34)13-18/h5-8,10-11,17-18,20,28,35H,9,12-16H2,1-4H3/t17-,18?,28-,30?/m1/s1. The number of H-pyrrole nitrogens is 1. The van der Waals surface area contributed by atoms with Gasteiger partial charge in [0.05, 0.1) is 6.04 Å². The lowest BCUT2D eigenvalue weighted by molar-refractivity contribution is -0.0829. The number of aromatic nitrogens is 1. The molecule has 0 radical (unpaired) electrons. The van der Waals surface area contributed by atoms with Crippen LogP contribution in [-0.2, 0) is 6.42 Å². The summed E-state index contributed by atoms with van der Waals surface area (Å²) in [5, 5.41) is 1.02. The van der Waals surface area contributed by atoms with Crippen LogP contribution in [0.2, 0.25) is 0 Å². The second-order valence-electron chi connectivity index (χ2n) is 12.4. The quantitative estimate of drug-likeness (QED) is 0.371. The zero-order valence-corrected chi connectivity index (χ0v) is 22.3. The molecule has 2 atom stereocenters. The highest BCUT2D eigenvalue weighted by molar-refractivity contribution is 5.85. The van der Waals surface area contributed by atoms with Crippen molar-refractivity contribution in [3.63, 3.8) is 0 Å². The number of ether oxygens (including phenoxy) is 1. The molecule has 3 aliphatic rings. The Labute approximate surface area is 220 Å². The van der Waals surface area contributed by atoms with Crippen molar-refractivity contribution in [2.45, 2.75) is 82.5 Å². The molecule has 0 unspecified atom stereocenters. The van der Waals surface area contributed by atoms with E-state index in [1.54, 1.807) is 6.92 Å². The smallest absolute Gasteiger partial charge is 0.135 e. The van der Waals surface area contributed by atoms with Gasteiger partial charge in [-0.3, -0.25) is 9.80 Å². The lowest BCUT2D eigenvalue weighted by Gasteiger charge is -2.51. The van der Waals surface area contributed by atoms with Gasteiger partial charge in [-0.1, -0.05) is 18.2 Å². The van der Waals surface area contributed by atoms with Gasteiger partial charge in [-0.15, -0.1) is 0 Å². The van der Waals surface area contributed by atoms with Gasteiger partial charge in [-0.25, -0.2) is 17.6 Å². The Kier molecular flexibility index (Phi) is 6.07. The predicted molar refractivity (Wildman–Crippen MR) is 140 cm³/mol. The Hall–Kier alpha value is -2.58. The Bertz CT molecular complexity index is 1330. The third-order valence-electron chi connectivity index (χ3n) is 8.42. The molecule has 0 spiro atoms. The highest BCUT2D eigenvalue weighted by Crippen LogP contribution is 2.44. The first-order valence-electron chi connectivity index (χ1n) is 13.5. The van der Waals surface area contributed by atoms with E-state index in [2.05, 4.69) is 9.88 Å².